The first-order valence-electron chi connectivity index (χ1n) is 11.3. The van der Waals surface area contributed by atoms with Crippen LogP contribution in [-0.2, 0) is 0 Å². The molecule has 2 N–H and O–H groups in total. The predicted molar refractivity (Wildman–Crippen MR) is 126 cm³/mol. The molecule has 3 rings (SSSR count). The number of unbranched alkanes of at least 4 members (excludes halogenated alkanes) is 3. The van der Waals surface area contributed by atoms with Crippen LogP contribution in [0.3, 0.4) is 0 Å². The van der Waals surface area contributed by atoms with Gasteiger partial charge in [-0.1, -0.05) is 46.1 Å². The number of rotatable bonds is 10. The number of hydrogen-bond acceptors (Lipinski definition) is 5. The first-order valence-corrected chi connectivity index (χ1v) is 11.3. The summed E-state index contributed by atoms with van der Waals surface area (Å²) in [5.41, 5.74) is 6.45. The van der Waals surface area contributed by atoms with E-state index in [1.807, 2.05) is 32.0 Å². The molecule has 1 aromatic carbocycles. The van der Waals surface area contributed by atoms with E-state index < -0.39 is 11.8 Å². The van der Waals surface area contributed by atoms with Crippen molar-refractivity contribution >= 4 is 11.8 Å². The standard InChI is InChI=1S/C25H31N5O3/c1-4-5-6-9-16-33-20-13-11-19(12-14-20)24(31)28-29-25(32)21-17-27-30(23(21)18(2)3)22-10-7-8-15-26-22/h7-8,10-15,17-18H,4-6,9,16H2,1-3H3,(H,28,31)(H,29,32). The minimum absolute atomic E-state index is 0.0143. The average molecular weight is 450 g/mol. The predicted octanol–water partition coefficient (Wildman–Crippen LogP) is 4.42. The highest BCUT2D eigenvalue weighted by Crippen LogP contribution is 2.22. The fraction of sp³-hybridized carbons (Fsp3) is 0.360. The summed E-state index contributed by atoms with van der Waals surface area (Å²) in [6, 6.07) is 12.3. The molecule has 8 heteroatoms. The van der Waals surface area contributed by atoms with E-state index in [-0.39, 0.29) is 5.92 Å². The second kappa shape index (κ2) is 11.8. The molecule has 33 heavy (non-hydrogen) atoms. The van der Waals surface area contributed by atoms with Gasteiger partial charge in [0.2, 0.25) is 0 Å². The Kier molecular flexibility index (Phi) is 8.57. The number of nitrogens with one attached hydrogen (secondary N) is 2. The topological polar surface area (TPSA) is 98.1 Å². The molecule has 0 saturated heterocycles. The Bertz CT molecular complexity index is 1050. The Morgan fingerprint density at radius 3 is 2.42 bits per heavy atom. The lowest BCUT2D eigenvalue weighted by atomic mass is 10.1. The summed E-state index contributed by atoms with van der Waals surface area (Å²) in [6.45, 7) is 6.77. The van der Waals surface area contributed by atoms with Crippen LogP contribution in [0.15, 0.2) is 54.9 Å². The molecule has 0 aliphatic carbocycles. The lowest BCUT2D eigenvalue weighted by molar-refractivity contribution is 0.0846. The van der Waals surface area contributed by atoms with Gasteiger partial charge in [0.05, 0.1) is 24.1 Å². The summed E-state index contributed by atoms with van der Waals surface area (Å²) in [5.74, 6) is 0.496. The quantitative estimate of drug-likeness (QED) is 0.353. The van der Waals surface area contributed by atoms with Crippen molar-refractivity contribution in [2.24, 2.45) is 0 Å². The Morgan fingerprint density at radius 1 is 1.00 bits per heavy atom. The third-order valence-corrected chi connectivity index (χ3v) is 5.14. The van der Waals surface area contributed by atoms with Gasteiger partial charge in [-0.05, 0) is 48.7 Å². The maximum atomic E-state index is 12.8. The van der Waals surface area contributed by atoms with Crippen LogP contribution >= 0.6 is 0 Å². The number of benzene rings is 1. The van der Waals surface area contributed by atoms with Gasteiger partial charge in [0.1, 0.15) is 5.75 Å². The molecule has 0 bridgehead atoms. The van der Waals surface area contributed by atoms with Crippen molar-refractivity contribution < 1.29 is 14.3 Å². The van der Waals surface area contributed by atoms with Gasteiger partial charge in [-0.15, -0.1) is 0 Å². The summed E-state index contributed by atoms with van der Waals surface area (Å²) < 4.78 is 7.34. The molecule has 0 unspecified atom stereocenters. The highest BCUT2D eigenvalue weighted by Gasteiger charge is 2.21. The molecule has 0 aliphatic heterocycles. The third kappa shape index (κ3) is 6.41. The monoisotopic (exact) mass is 449 g/mol. The van der Waals surface area contributed by atoms with Crippen molar-refractivity contribution in [1.29, 1.82) is 0 Å². The number of aromatic nitrogens is 3. The average Bonchev–Trinajstić information content (AvgIpc) is 3.29. The zero-order valence-electron chi connectivity index (χ0n) is 19.4. The highest BCUT2D eigenvalue weighted by atomic mass is 16.5. The second-order valence-corrected chi connectivity index (χ2v) is 8.04. The molecule has 0 saturated carbocycles. The number of carbonyl (C=O) groups excluding carboxylic acids is 2. The van der Waals surface area contributed by atoms with Crippen molar-refractivity contribution in [3.8, 4) is 11.6 Å². The van der Waals surface area contributed by atoms with Gasteiger partial charge in [0, 0.05) is 11.8 Å². The van der Waals surface area contributed by atoms with Crippen LogP contribution in [0.5, 0.6) is 5.75 Å². The van der Waals surface area contributed by atoms with Gasteiger partial charge in [-0.25, -0.2) is 9.67 Å². The molecule has 2 aromatic heterocycles. The third-order valence-electron chi connectivity index (χ3n) is 5.14. The van der Waals surface area contributed by atoms with Crippen LogP contribution in [-0.4, -0.2) is 33.2 Å². The number of ether oxygens (including phenoxy) is 1. The molecule has 2 amide bonds. The molecule has 174 valence electrons. The maximum Gasteiger partial charge on any atom is 0.273 e. The van der Waals surface area contributed by atoms with Crippen LogP contribution in [0.2, 0.25) is 0 Å². The van der Waals surface area contributed by atoms with E-state index in [1.54, 1.807) is 35.1 Å². The molecule has 8 nitrogen and oxygen atoms in total. The van der Waals surface area contributed by atoms with E-state index in [4.69, 9.17) is 4.74 Å². The summed E-state index contributed by atoms with van der Waals surface area (Å²) >= 11 is 0. The first kappa shape index (κ1) is 24.0. The van der Waals surface area contributed by atoms with E-state index in [0.29, 0.717) is 29.2 Å². The van der Waals surface area contributed by atoms with Gasteiger partial charge in [-0.3, -0.25) is 20.4 Å². The van der Waals surface area contributed by atoms with E-state index >= 15 is 0 Å². The Morgan fingerprint density at radius 2 is 1.76 bits per heavy atom. The molecule has 0 aliphatic rings. The first-order chi connectivity index (χ1) is 16.0. The Labute approximate surface area is 194 Å². The van der Waals surface area contributed by atoms with E-state index in [9.17, 15) is 9.59 Å². The van der Waals surface area contributed by atoms with Crippen molar-refractivity contribution in [2.45, 2.75) is 52.4 Å². The number of nitrogens with zero attached hydrogens (tertiary/aromatic N) is 3. The summed E-state index contributed by atoms with van der Waals surface area (Å²) in [4.78, 5) is 29.6. The molecule has 3 aromatic rings. The van der Waals surface area contributed by atoms with Gasteiger partial charge in [0.25, 0.3) is 11.8 Å². The minimum Gasteiger partial charge on any atom is -0.494 e. The Hall–Kier alpha value is -3.68. The largest absolute Gasteiger partial charge is 0.494 e. The van der Waals surface area contributed by atoms with Crippen molar-refractivity contribution in [1.82, 2.24) is 25.6 Å². The lowest BCUT2D eigenvalue weighted by Gasteiger charge is -2.13. The number of pyridine rings is 1. The number of hydrazine groups is 1. The number of hydrogen-bond donors (Lipinski definition) is 2. The van der Waals surface area contributed by atoms with E-state index in [0.717, 1.165) is 18.6 Å². The molecule has 0 atom stereocenters. The van der Waals surface area contributed by atoms with Crippen molar-refractivity contribution in [3.63, 3.8) is 0 Å². The van der Waals surface area contributed by atoms with E-state index in [1.165, 1.54) is 19.0 Å². The van der Waals surface area contributed by atoms with Crippen LogP contribution in [0, 0.1) is 0 Å². The molecule has 0 radical (unpaired) electrons. The fourth-order valence-corrected chi connectivity index (χ4v) is 3.42. The number of amides is 2. The lowest BCUT2D eigenvalue weighted by Crippen LogP contribution is -2.41. The molecular weight excluding hydrogens is 418 g/mol. The minimum atomic E-state index is -0.443. The summed E-state index contributed by atoms with van der Waals surface area (Å²) in [7, 11) is 0. The van der Waals surface area contributed by atoms with E-state index in [2.05, 4.69) is 27.9 Å². The van der Waals surface area contributed by atoms with Crippen LogP contribution in [0.25, 0.3) is 5.82 Å². The van der Waals surface area contributed by atoms with Gasteiger partial charge in [-0.2, -0.15) is 5.10 Å². The molecule has 2 heterocycles. The summed E-state index contributed by atoms with van der Waals surface area (Å²) in [6.07, 6.45) is 7.71. The van der Waals surface area contributed by atoms with Crippen molar-refractivity contribution in [3.05, 3.63) is 71.7 Å². The van der Waals surface area contributed by atoms with Crippen LogP contribution in [0.4, 0.5) is 0 Å². The maximum absolute atomic E-state index is 12.8. The van der Waals surface area contributed by atoms with Gasteiger partial charge in [0.15, 0.2) is 5.82 Å². The second-order valence-electron chi connectivity index (χ2n) is 8.04. The zero-order chi connectivity index (χ0) is 23.6. The number of carbonyl (C=O) groups is 2. The normalized spacial score (nSPS) is 10.8. The highest BCUT2D eigenvalue weighted by molar-refractivity contribution is 5.99. The molecule has 0 fully saturated rings. The van der Waals surface area contributed by atoms with Crippen LogP contribution < -0.4 is 15.6 Å². The Balaban J connectivity index is 1.58. The SMILES string of the molecule is CCCCCCOc1ccc(C(=O)NNC(=O)c2cnn(-c3ccccn3)c2C(C)C)cc1. The zero-order valence-corrected chi connectivity index (χ0v) is 19.4. The fourth-order valence-electron chi connectivity index (χ4n) is 3.42. The summed E-state index contributed by atoms with van der Waals surface area (Å²) in [5, 5.41) is 4.33. The van der Waals surface area contributed by atoms with Crippen LogP contribution in [0.1, 0.15) is 78.8 Å². The van der Waals surface area contributed by atoms with Gasteiger partial charge >= 0.3 is 0 Å². The molecule has 0 spiro atoms. The van der Waals surface area contributed by atoms with Crippen molar-refractivity contribution in [2.75, 3.05) is 6.61 Å². The molecular formula is C25H31N5O3. The smallest absolute Gasteiger partial charge is 0.273 e. The van der Waals surface area contributed by atoms with Gasteiger partial charge < -0.3 is 4.74 Å².